The Morgan fingerprint density at radius 3 is 2.15 bits per heavy atom. The number of hydrogen-bond acceptors (Lipinski definition) is 6. The van der Waals surface area contributed by atoms with Gasteiger partial charge in [0.05, 0.1) is 10.9 Å². The zero-order valence-electron chi connectivity index (χ0n) is 18.9. The van der Waals surface area contributed by atoms with Crippen LogP contribution < -0.4 is 0 Å². The van der Waals surface area contributed by atoms with Gasteiger partial charge in [0, 0.05) is 38.3 Å². The molecule has 10 heteroatoms. The maximum atomic E-state index is 14.7. The van der Waals surface area contributed by atoms with Gasteiger partial charge in [-0.2, -0.15) is 0 Å². The maximum absolute atomic E-state index is 14.7. The molecule has 1 aliphatic heterocycles. The molecule has 33 heavy (non-hydrogen) atoms. The van der Waals surface area contributed by atoms with Gasteiger partial charge < -0.3 is 9.80 Å². The number of benzene rings is 2. The van der Waals surface area contributed by atoms with E-state index in [2.05, 4.69) is 0 Å². The molecule has 0 saturated carbocycles. The molecule has 2 atom stereocenters. The molecule has 1 heterocycles. The number of likely N-dealkylation sites (N-methyl/N-ethyl adjacent to an activating group) is 1. The number of likely N-dealkylation sites (tertiary alicyclic amines) is 1. The quantitative estimate of drug-likeness (QED) is 0.327. The molecule has 1 aliphatic rings. The third-order valence-electron chi connectivity index (χ3n) is 5.62. The molecule has 0 radical (unpaired) electrons. The van der Waals surface area contributed by atoms with E-state index in [1.54, 1.807) is 20.2 Å². The van der Waals surface area contributed by atoms with Gasteiger partial charge in [-0.1, -0.05) is 30.3 Å². The smallest absolute Gasteiger partial charge is 0.291 e. The molecular weight excluding hydrogens is 449 g/mol. The molecule has 2 aromatic carbocycles. The summed E-state index contributed by atoms with van der Waals surface area (Å²) >= 11 is 0. The van der Waals surface area contributed by atoms with Crippen LogP contribution in [-0.4, -0.2) is 81.3 Å². The number of ketones is 2. The SMILES string of the molecule is CN(C)CCN1C(=O)C(=O)C(C(=O)c2ccc(S(=O)(=O)N(C)C)cc2)C1c1ccccc1F. The van der Waals surface area contributed by atoms with Crippen molar-refractivity contribution in [1.82, 2.24) is 14.1 Å². The zero-order chi connectivity index (χ0) is 24.5. The van der Waals surface area contributed by atoms with E-state index in [0.29, 0.717) is 6.54 Å². The topological polar surface area (TPSA) is 95.1 Å². The fourth-order valence-electron chi connectivity index (χ4n) is 3.78. The van der Waals surface area contributed by atoms with Gasteiger partial charge in [-0.3, -0.25) is 14.4 Å². The van der Waals surface area contributed by atoms with Crippen molar-refractivity contribution < 1.29 is 27.2 Å². The first-order valence-corrected chi connectivity index (χ1v) is 11.7. The van der Waals surface area contributed by atoms with Crippen LogP contribution in [0.2, 0.25) is 0 Å². The summed E-state index contributed by atoms with van der Waals surface area (Å²) in [4.78, 5) is 42.2. The Morgan fingerprint density at radius 1 is 1.00 bits per heavy atom. The highest BCUT2D eigenvalue weighted by molar-refractivity contribution is 7.89. The minimum absolute atomic E-state index is 0.0175. The molecular formula is C23H26FN3O5S. The normalized spacial score (nSPS) is 19.1. The third-order valence-corrected chi connectivity index (χ3v) is 7.45. The van der Waals surface area contributed by atoms with Crippen LogP contribution in [0.25, 0.3) is 0 Å². The first-order valence-electron chi connectivity index (χ1n) is 10.3. The predicted octanol–water partition coefficient (Wildman–Crippen LogP) is 1.59. The van der Waals surface area contributed by atoms with Crippen molar-refractivity contribution in [3.05, 3.63) is 65.5 Å². The summed E-state index contributed by atoms with van der Waals surface area (Å²) in [6.07, 6.45) is 0. The van der Waals surface area contributed by atoms with Gasteiger partial charge in [0.2, 0.25) is 15.8 Å². The molecule has 0 aliphatic carbocycles. The van der Waals surface area contributed by atoms with E-state index in [9.17, 15) is 27.2 Å². The fourth-order valence-corrected chi connectivity index (χ4v) is 4.68. The van der Waals surface area contributed by atoms with E-state index in [1.165, 1.54) is 61.5 Å². The molecule has 0 spiro atoms. The van der Waals surface area contributed by atoms with Gasteiger partial charge in [-0.25, -0.2) is 17.1 Å². The Kier molecular flexibility index (Phi) is 7.11. The summed E-state index contributed by atoms with van der Waals surface area (Å²) in [5.74, 6) is -4.46. The lowest BCUT2D eigenvalue weighted by Crippen LogP contribution is -2.36. The Balaban J connectivity index is 2.03. The third kappa shape index (κ3) is 4.73. The molecule has 2 unspecified atom stereocenters. The molecule has 1 saturated heterocycles. The van der Waals surface area contributed by atoms with Crippen LogP contribution in [0, 0.1) is 11.7 Å². The number of sulfonamides is 1. The van der Waals surface area contributed by atoms with Crippen LogP contribution in [0.1, 0.15) is 22.0 Å². The highest BCUT2D eigenvalue weighted by atomic mass is 32.2. The fraction of sp³-hybridized carbons (Fsp3) is 0.348. The Hall–Kier alpha value is -2.95. The van der Waals surface area contributed by atoms with E-state index in [-0.39, 0.29) is 22.6 Å². The lowest BCUT2D eigenvalue weighted by molar-refractivity contribution is -0.140. The van der Waals surface area contributed by atoms with Crippen molar-refractivity contribution in [2.75, 3.05) is 41.3 Å². The van der Waals surface area contributed by atoms with Crippen LogP contribution in [0.5, 0.6) is 0 Å². The number of carbonyl (C=O) groups is 3. The molecule has 0 N–H and O–H groups in total. The van der Waals surface area contributed by atoms with E-state index >= 15 is 0 Å². The minimum Gasteiger partial charge on any atom is -0.326 e. The standard InChI is InChI=1S/C23H26FN3O5S/c1-25(2)13-14-27-20(17-7-5-6-8-18(17)24)19(22(29)23(27)30)21(28)15-9-11-16(12-10-15)33(31,32)26(3)4/h5-12,19-20H,13-14H2,1-4H3. The second-order valence-corrected chi connectivity index (χ2v) is 10.4. The van der Waals surface area contributed by atoms with Gasteiger partial charge in [0.15, 0.2) is 5.78 Å². The van der Waals surface area contributed by atoms with Crippen LogP contribution in [0.15, 0.2) is 53.4 Å². The Morgan fingerprint density at radius 2 is 1.61 bits per heavy atom. The number of amides is 1. The average molecular weight is 476 g/mol. The summed E-state index contributed by atoms with van der Waals surface area (Å²) in [6, 6.07) is 9.80. The van der Waals surface area contributed by atoms with Crippen molar-refractivity contribution in [2.24, 2.45) is 5.92 Å². The lowest BCUT2D eigenvalue weighted by atomic mass is 9.86. The van der Waals surface area contributed by atoms with Crippen molar-refractivity contribution >= 4 is 27.5 Å². The van der Waals surface area contributed by atoms with E-state index in [4.69, 9.17) is 0 Å². The van der Waals surface area contributed by atoms with E-state index in [1.807, 2.05) is 4.90 Å². The van der Waals surface area contributed by atoms with Crippen molar-refractivity contribution in [3.63, 3.8) is 0 Å². The number of carbonyl (C=O) groups excluding carboxylic acids is 3. The van der Waals surface area contributed by atoms with Crippen molar-refractivity contribution in [1.29, 1.82) is 0 Å². The van der Waals surface area contributed by atoms with Crippen molar-refractivity contribution in [3.8, 4) is 0 Å². The molecule has 8 nitrogen and oxygen atoms in total. The predicted molar refractivity (Wildman–Crippen MR) is 120 cm³/mol. The van der Waals surface area contributed by atoms with Gasteiger partial charge in [-0.15, -0.1) is 0 Å². The van der Waals surface area contributed by atoms with Gasteiger partial charge in [0.25, 0.3) is 5.91 Å². The second kappa shape index (κ2) is 9.50. The molecule has 3 rings (SSSR count). The summed E-state index contributed by atoms with van der Waals surface area (Å²) in [5.41, 5.74) is 0.148. The molecule has 0 aromatic heterocycles. The number of rotatable bonds is 8. The zero-order valence-corrected chi connectivity index (χ0v) is 19.7. The lowest BCUT2D eigenvalue weighted by Gasteiger charge is -2.28. The van der Waals surface area contributed by atoms with Crippen LogP contribution >= 0.6 is 0 Å². The summed E-state index contributed by atoms with van der Waals surface area (Å²) in [7, 11) is 2.67. The van der Waals surface area contributed by atoms with Gasteiger partial charge in [-0.05, 0) is 32.3 Å². The Labute approximate surface area is 192 Å². The van der Waals surface area contributed by atoms with E-state index in [0.717, 1.165) is 4.31 Å². The minimum atomic E-state index is -3.70. The van der Waals surface area contributed by atoms with Crippen LogP contribution in [0.4, 0.5) is 4.39 Å². The molecule has 176 valence electrons. The number of nitrogens with zero attached hydrogens (tertiary/aromatic N) is 3. The summed E-state index contributed by atoms with van der Waals surface area (Å²) in [6.45, 7) is 0.558. The maximum Gasteiger partial charge on any atom is 0.291 e. The average Bonchev–Trinajstić information content (AvgIpc) is 3.02. The molecule has 1 amide bonds. The van der Waals surface area contributed by atoms with E-state index < -0.39 is 45.3 Å². The summed E-state index contributed by atoms with van der Waals surface area (Å²) < 4.78 is 40.4. The second-order valence-electron chi connectivity index (χ2n) is 8.29. The largest absolute Gasteiger partial charge is 0.326 e. The molecule has 1 fully saturated rings. The van der Waals surface area contributed by atoms with Gasteiger partial charge in [0.1, 0.15) is 11.7 Å². The highest BCUT2D eigenvalue weighted by Gasteiger charge is 2.52. The number of Topliss-reactive ketones (excluding diaryl/α,β-unsaturated/α-hetero) is 2. The first-order chi connectivity index (χ1) is 15.5. The molecule has 2 aromatic rings. The number of hydrogen-bond donors (Lipinski definition) is 0. The highest BCUT2D eigenvalue weighted by Crippen LogP contribution is 2.39. The van der Waals surface area contributed by atoms with Crippen molar-refractivity contribution in [2.45, 2.75) is 10.9 Å². The number of halogens is 1. The summed E-state index contributed by atoms with van der Waals surface area (Å²) in [5, 5.41) is 0. The Bertz CT molecular complexity index is 1180. The monoisotopic (exact) mass is 475 g/mol. The molecule has 0 bridgehead atoms. The van der Waals surface area contributed by atoms with Gasteiger partial charge >= 0.3 is 0 Å². The van der Waals surface area contributed by atoms with Crippen LogP contribution in [0.3, 0.4) is 0 Å². The van der Waals surface area contributed by atoms with Crippen LogP contribution in [-0.2, 0) is 19.6 Å². The first kappa shape index (κ1) is 24.7.